The molecule has 6 heteroatoms. The number of rotatable bonds is 7. The Morgan fingerprint density at radius 3 is 2.52 bits per heavy atom. The van der Waals surface area contributed by atoms with Crippen molar-refractivity contribution in [3.05, 3.63) is 17.0 Å². The summed E-state index contributed by atoms with van der Waals surface area (Å²) in [6.07, 6.45) is 2.02. The molecule has 0 bridgehead atoms. The molecule has 1 saturated heterocycles. The fraction of sp³-hybridized carbons (Fsp3) is 0.733. The van der Waals surface area contributed by atoms with Crippen LogP contribution in [0.15, 0.2) is 16.3 Å². The van der Waals surface area contributed by atoms with Gasteiger partial charge in [-0.25, -0.2) is 8.42 Å². The predicted molar refractivity (Wildman–Crippen MR) is 88.3 cm³/mol. The Labute approximate surface area is 132 Å². The molecule has 0 amide bonds. The van der Waals surface area contributed by atoms with Crippen molar-refractivity contribution in [2.24, 2.45) is 11.8 Å². The summed E-state index contributed by atoms with van der Waals surface area (Å²) in [6, 6.07) is 3.72. The maximum Gasteiger partial charge on any atom is 0.252 e. The summed E-state index contributed by atoms with van der Waals surface area (Å²) in [5.74, 6) is 0.884. The molecule has 1 fully saturated rings. The molecule has 21 heavy (non-hydrogen) atoms. The third-order valence-corrected chi connectivity index (χ3v) is 7.60. The monoisotopic (exact) mass is 330 g/mol. The lowest BCUT2D eigenvalue weighted by Gasteiger charge is -2.14. The van der Waals surface area contributed by atoms with E-state index in [4.69, 9.17) is 0 Å². The number of sulfonamides is 1. The van der Waals surface area contributed by atoms with E-state index in [9.17, 15) is 8.42 Å². The molecule has 2 heterocycles. The second-order valence-electron chi connectivity index (χ2n) is 6.00. The second kappa shape index (κ2) is 7.22. The summed E-state index contributed by atoms with van der Waals surface area (Å²) in [5, 5.41) is 3.35. The Morgan fingerprint density at radius 2 is 1.90 bits per heavy atom. The van der Waals surface area contributed by atoms with Gasteiger partial charge in [0, 0.05) is 18.0 Å². The van der Waals surface area contributed by atoms with E-state index in [1.165, 1.54) is 11.3 Å². The quantitative estimate of drug-likeness (QED) is 0.782. The topological polar surface area (TPSA) is 49.4 Å². The van der Waals surface area contributed by atoms with Gasteiger partial charge in [0.25, 0.3) is 10.0 Å². The van der Waals surface area contributed by atoms with E-state index < -0.39 is 10.0 Å². The number of nitrogens with one attached hydrogen (secondary N) is 1. The highest BCUT2D eigenvalue weighted by Crippen LogP contribution is 2.31. The van der Waals surface area contributed by atoms with Crippen molar-refractivity contribution in [1.82, 2.24) is 9.62 Å². The molecule has 0 radical (unpaired) electrons. The summed E-state index contributed by atoms with van der Waals surface area (Å²) in [4.78, 5) is 1.14. The van der Waals surface area contributed by atoms with Gasteiger partial charge < -0.3 is 5.32 Å². The molecular weight excluding hydrogens is 304 g/mol. The first kappa shape index (κ1) is 16.9. The van der Waals surface area contributed by atoms with Crippen LogP contribution in [0.1, 0.15) is 32.1 Å². The van der Waals surface area contributed by atoms with Crippen LogP contribution in [0.5, 0.6) is 0 Å². The highest BCUT2D eigenvalue weighted by atomic mass is 32.2. The molecule has 1 N–H and O–H groups in total. The van der Waals surface area contributed by atoms with Crippen molar-refractivity contribution in [3.8, 4) is 0 Å². The van der Waals surface area contributed by atoms with Gasteiger partial charge in [0.2, 0.25) is 0 Å². The van der Waals surface area contributed by atoms with Crippen LogP contribution in [-0.4, -0.2) is 38.9 Å². The van der Waals surface area contributed by atoms with E-state index in [-0.39, 0.29) is 0 Å². The first-order valence-corrected chi connectivity index (χ1v) is 10.0. The van der Waals surface area contributed by atoms with E-state index in [2.05, 4.69) is 26.1 Å². The largest absolute Gasteiger partial charge is 0.316 e. The molecule has 2 atom stereocenters. The highest BCUT2D eigenvalue weighted by molar-refractivity contribution is 7.91. The molecule has 2 rings (SSSR count). The molecular formula is C15H26N2O2S2. The molecule has 4 nitrogen and oxygen atoms in total. The van der Waals surface area contributed by atoms with E-state index in [1.807, 2.05) is 6.07 Å². The van der Waals surface area contributed by atoms with Gasteiger partial charge in [0.1, 0.15) is 4.21 Å². The van der Waals surface area contributed by atoms with Gasteiger partial charge in [0.05, 0.1) is 0 Å². The molecule has 1 aromatic rings. The molecule has 1 aromatic heterocycles. The van der Waals surface area contributed by atoms with Crippen molar-refractivity contribution in [2.45, 2.75) is 37.8 Å². The zero-order chi connectivity index (χ0) is 15.5. The van der Waals surface area contributed by atoms with E-state index >= 15 is 0 Å². The van der Waals surface area contributed by atoms with Gasteiger partial charge in [-0.05, 0) is 49.9 Å². The van der Waals surface area contributed by atoms with Crippen molar-refractivity contribution in [3.63, 3.8) is 0 Å². The average molecular weight is 331 g/mol. The minimum Gasteiger partial charge on any atom is -0.316 e. The van der Waals surface area contributed by atoms with Crippen LogP contribution in [0.25, 0.3) is 0 Å². The molecule has 0 spiro atoms. The Bertz CT molecular complexity index is 544. The zero-order valence-electron chi connectivity index (χ0n) is 13.1. The zero-order valence-corrected chi connectivity index (χ0v) is 14.8. The fourth-order valence-corrected chi connectivity index (χ4v) is 5.70. The third kappa shape index (κ3) is 4.06. The maximum atomic E-state index is 12.6. The molecule has 0 saturated carbocycles. The fourth-order valence-electron chi connectivity index (χ4n) is 2.54. The molecule has 0 aromatic carbocycles. The minimum absolute atomic E-state index is 0.442. The minimum atomic E-state index is -3.29. The van der Waals surface area contributed by atoms with Crippen LogP contribution >= 0.6 is 11.3 Å². The summed E-state index contributed by atoms with van der Waals surface area (Å²) < 4.78 is 27.4. The molecule has 120 valence electrons. The van der Waals surface area contributed by atoms with Gasteiger partial charge >= 0.3 is 0 Å². The first-order valence-electron chi connectivity index (χ1n) is 7.74. The number of hydrogen-bond acceptors (Lipinski definition) is 4. The van der Waals surface area contributed by atoms with Crippen LogP contribution < -0.4 is 5.32 Å². The van der Waals surface area contributed by atoms with Crippen LogP contribution in [0.4, 0.5) is 0 Å². The molecule has 2 unspecified atom stereocenters. The van der Waals surface area contributed by atoms with Crippen LogP contribution in [0, 0.1) is 11.8 Å². The normalized spacial score (nSPS) is 23.8. The third-order valence-electron chi connectivity index (χ3n) is 4.16. The van der Waals surface area contributed by atoms with Crippen LogP contribution in [0.3, 0.4) is 0 Å². The highest BCUT2D eigenvalue weighted by Gasteiger charge is 2.35. The van der Waals surface area contributed by atoms with Crippen molar-refractivity contribution < 1.29 is 8.42 Å². The number of thiophene rings is 1. The Morgan fingerprint density at radius 1 is 1.24 bits per heavy atom. The van der Waals surface area contributed by atoms with Crippen molar-refractivity contribution in [2.75, 3.05) is 26.2 Å². The lowest BCUT2D eigenvalue weighted by molar-refractivity contribution is 0.465. The van der Waals surface area contributed by atoms with Gasteiger partial charge in [0.15, 0.2) is 0 Å². The Balaban J connectivity index is 1.99. The smallest absolute Gasteiger partial charge is 0.252 e. The SMILES string of the molecule is CCCNCCc1ccc(S(=O)(=O)N2CC(C)C(C)C2)s1. The summed E-state index contributed by atoms with van der Waals surface area (Å²) >= 11 is 1.42. The van der Waals surface area contributed by atoms with E-state index in [0.29, 0.717) is 29.1 Å². The molecule has 1 aliphatic heterocycles. The maximum absolute atomic E-state index is 12.6. The number of nitrogens with zero attached hydrogens (tertiary/aromatic N) is 1. The lowest BCUT2D eigenvalue weighted by atomic mass is 10.0. The predicted octanol–water partition coefficient (Wildman–Crippen LogP) is 2.57. The standard InChI is InChI=1S/C15H26N2O2S2/c1-4-8-16-9-7-14-5-6-15(20-14)21(18,19)17-10-12(2)13(3)11-17/h5-6,12-13,16H,4,7-11H2,1-3H3. The molecule has 1 aliphatic rings. The van der Waals surface area contributed by atoms with Gasteiger partial charge in [-0.1, -0.05) is 20.8 Å². The van der Waals surface area contributed by atoms with Crippen molar-refractivity contribution in [1.29, 1.82) is 0 Å². The van der Waals surface area contributed by atoms with Gasteiger partial charge in [-0.3, -0.25) is 0 Å². The number of hydrogen-bond donors (Lipinski definition) is 1. The first-order chi connectivity index (χ1) is 9.95. The van der Waals surface area contributed by atoms with Crippen molar-refractivity contribution >= 4 is 21.4 Å². The second-order valence-corrected chi connectivity index (χ2v) is 9.33. The van der Waals surface area contributed by atoms with Gasteiger partial charge in [-0.15, -0.1) is 11.3 Å². The summed E-state index contributed by atoms with van der Waals surface area (Å²) in [7, 11) is -3.29. The van der Waals surface area contributed by atoms with E-state index in [1.54, 1.807) is 10.4 Å². The lowest BCUT2D eigenvalue weighted by Crippen LogP contribution is -2.28. The average Bonchev–Trinajstić information content (AvgIpc) is 3.04. The summed E-state index contributed by atoms with van der Waals surface area (Å²) in [6.45, 7) is 9.61. The molecule has 0 aliphatic carbocycles. The Hall–Kier alpha value is -0.430. The van der Waals surface area contributed by atoms with Crippen LogP contribution in [0.2, 0.25) is 0 Å². The van der Waals surface area contributed by atoms with Crippen LogP contribution in [-0.2, 0) is 16.4 Å². The Kier molecular flexibility index (Phi) is 5.82. The van der Waals surface area contributed by atoms with Gasteiger partial charge in [-0.2, -0.15) is 4.31 Å². The van der Waals surface area contributed by atoms with E-state index in [0.717, 1.165) is 30.8 Å². The summed E-state index contributed by atoms with van der Waals surface area (Å²) in [5.41, 5.74) is 0.